The molecule has 0 radical (unpaired) electrons. The van der Waals surface area contributed by atoms with Crippen molar-refractivity contribution in [2.45, 2.75) is 78.6 Å². The normalized spacial score (nSPS) is 37.4. The molecule has 2 aliphatic heterocycles. The molecule has 0 unspecified atom stereocenters. The lowest BCUT2D eigenvalue weighted by molar-refractivity contribution is -0.210. The quantitative estimate of drug-likeness (QED) is 0.299. The first-order chi connectivity index (χ1) is 18.5. The molecular weight excluding hydrogens is 504 g/mol. The van der Waals surface area contributed by atoms with Crippen molar-refractivity contribution < 1.29 is 42.5 Å². The topological polar surface area (TPSA) is 118 Å². The fourth-order valence-corrected chi connectivity index (χ4v) is 7.44. The zero-order valence-electron chi connectivity index (χ0n) is 23.1. The summed E-state index contributed by atoms with van der Waals surface area (Å²) >= 11 is 0. The molecule has 9 nitrogen and oxygen atoms in total. The van der Waals surface area contributed by atoms with Crippen molar-refractivity contribution in [3.8, 4) is 0 Å². The number of cyclic esters (lactones) is 2. The molecule has 2 spiro atoms. The number of hydrogen-bond acceptors (Lipinski definition) is 9. The molecule has 3 heterocycles. The van der Waals surface area contributed by atoms with E-state index in [0.29, 0.717) is 24.8 Å². The number of carbonyl (C=O) groups excluding carboxylic acids is 4. The minimum atomic E-state index is -1.04. The molecule has 39 heavy (non-hydrogen) atoms. The van der Waals surface area contributed by atoms with Crippen LogP contribution in [-0.4, -0.2) is 42.7 Å². The molecule has 4 aliphatic rings. The lowest BCUT2D eigenvalue weighted by atomic mass is 9.43. The van der Waals surface area contributed by atoms with Gasteiger partial charge in [-0.25, -0.2) is 9.59 Å². The Labute approximate surface area is 227 Å². The summed E-state index contributed by atoms with van der Waals surface area (Å²) in [6, 6.07) is 1.79. The minimum Gasteiger partial charge on any atom is -0.472 e. The van der Waals surface area contributed by atoms with Crippen molar-refractivity contribution in [1.82, 2.24) is 0 Å². The largest absolute Gasteiger partial charge is 0.472 e. The Morgan fingerprint density at radius 2 is 1.92 bits per heavy atom. The Morgan fingerprint density at radius 3 is 2.59 bits per heavy atom. The smallest absolute Gasteiger partial charge is 0.333 e. The number of ether oxygens (including phenoxy) is 4. The summed E-state index contributed by atoms with van der Waals surface area (Å²) < 4.78 is 28.8. The highest BCUT2D eigenvalue weighted by atomic mass is 16.6. The highest BCUT2D eigenvalue weighted by Crippen LogP contribution is 2.68. The van der Waals surface area contributed by atoms with Gasteiger partial charge < -0.3 is 23.4 Å². The van der Waals surface area contributed by atoms with E-state index in [9.17, 15) is 19.2 Å². The van der Waals surface area contributed by atoms with Crippen molar-refractivity contribution in [3.05, 3.63) is 47.5 Å². The average Bonchev–Trinajstić information content (AvgIpc) is 3.61. The van der Waals surface area contributed by atoms with Crippen LogP contribution in [0.4, 0.5) is 0 Å². The summed E-state index contributed by atoms with van der Waals surface area (Å²) in [4.78, 5) is 53.1. The lowest BCUT2D eigenvalue weighted by Gasteiger charge is -2.58. The average molecular weight is 541 g/mol. The van der Waals surface area contributed by atoms with E-state index in [1.165, 1.54) is 6.08 Å². The predicted octanol–water partition coefficient (Wildman–Crippen LogP) is 4.62. The summed E-state index contributed by atoms with van der Waals surface area (Å²) in [6.45, 7) is 9.06. The Kier molecular flexibility index (Phi) is 6.97. The molecule has 2 saturated carbocycles. The number of fused-ring (bicyclic) bond motifs is 1. The zero-order valence-corrected chi connectivity index (χ0v) is 23.1. The standard InChI is InChI=1S/C30H36O9/c1-6-17(4)26(32)37-20-12-22-29(15-36-27(33)24(29)25(20)39-23(31)11-16(2)3)9-7-18(5)30(22)13-21(38-28(30)34)19-8-10-35-14-19/h6,8,10-11,14,18,20-22,24-25H,7,9,12-13,15H2,1-5H3/b17-6-/t18-,20-,21-,22+,24+,25+,29+,30-/m1/s1. The number of hydrogen-bond donors (Lipinski definition) is 0. The highest BCUT2D eigenvalue weighted by Gasteiger charge is 2.74. The summed E-state index contributed by atoms with van der Waals surface area (Å²) in [6.07, 6.45) is 5.58. The van der Waals surface area contributed by atoms with Crippen LogP contribution < -0.4 is 0 Å². The predicted molar refractivity (Wildman–Crippen MR) is 137 cm³/mol. The van der Waals surface area contributed by atoms with E-state index < -0.39 is 58.9 Å². The second-order valence-electron chi connectivity index (χ2n) is 11.8. The summed E-state index contributed by atoms with van der Waals surface area (Å²) in [7, 11) is 0. The van der Waals surface area contributed by atoms with Crippen molar-refractivity contribution >= 4 is 23.9 Å². The van der Waals surface area contributed by atoms with Gasteiger partial charge in [0.05, 0.1) is 24.5 Å². The third-order valence-corrected chi connectivity index (χ3v) is 9.50. The van der Waals surface area contributed by atoms with E-state index >= 15 is 0 Å². The third kappa shape index (κ3) is 4.30. The molecule has 0 aromatic carbocycles. The third-order valence-electron chi connectivity index (χ3n) is 9.50. The van der Waals surface area contributed by atoms with Gasteiger partial charge in [-0.05, 0) is 64.9 Å². The van der Waals surface area contributed by atoms with Crippen molar-refractivity contribution in [2.24, 2.45) is 28.6 Å². The number of furan rings is 1. The van der Waals surface area contributed by atoms with Gasteiger partial charge in [-0.2, -0.15) is 0 Å². The van der Waals surface area contributed by atoms with Crippen LogP contribution in [0.5, 0.6) is 0 Å². The van der Waals surface area contributed by atoms with Gasteiger partial charge in [0.25, 0.3) is 0 Å². The van der Waals surface area contributed by atoms with Gasteiger partial charge in [0.15, 0.2) is 6.10 Å². The van der Waals surface area contributed by atoms with E-state index in [2.05, 4.69) is 0 Å². The molecule has 5 rings (SSSR count). The fourth-order valence-electron chi connectivity index (χ4n) is 7.44. The maximum atomic E-state index is 13.9. The first-order valence-electron chi connectivity index (χ1n) is 13.6. The highest BCUT2D eigenvalue weighted by molar-refractivity contribution is 5.88. The van der Waals surface area contributed by atoms with E-state index in [0.717, 1.165) is 11.1 Å². The van der Waals surface area contributed by atoms with Gasteiger partial charge in [0, 0.05) is 29.0 Å². The summed E-state index contributed by atoms with van der Waals surface area (Å²) in [5, 5.41) is 0. The van der Waals surface area contributed by atoms with Gasteiger partial charge in [0.2, 0.25) is 0 Å². The molecule has 0 N–H and O–H groups in total. The molecule has 2 aliphatic carbocycles. The van der Waals surface area contributed by atoms with Crippen LogP contribution >= 0.6 is 0 Å². The lowest BCUT2D eigenvalue weighted by Crippen LogP contribution is -2.64. The Hall–Kier alpha value is -3.36. The SMILES string of the molecule is C/C=C(/C)C(=O)O[C@@H]1C[C@H]2[C@]3(CC[C@@H](C)[C@]24C[C@H](c2ccoc2)OC4=O)COC(=O)[C@@H]3[C@H]1OC(=O)C=C(C)C. The van der Waals surface area contributed by atoms with Crippen molar-refractivity contribution in [3.63, 3.8) is 0 Å². The molecule has 1 aromatic heterocycles. The molecule has 0 amide bonds. The summed E-state index contributed by atoms with van der Waals surface area (Å²) in [5.74, 6) is -3.31. The van der Waals surface area contributed by atoms with E-state index in [-0.39, 0.29) is 24.9 Å². The number of carbonyl (C=O) groups is 4. The maximum Gasteiger partial charge on any atom is 0.333 e. The fraction of sp³-hybridized carbons (Fsp3) is 0.600. The Bertz CT molecular complexity index is 1220. The van der Waals surface area contributed by atoms with Gasteiger partial charge in [0.1, 0.15) is 18.1 Å². The van der Waals surface area contributed by atoms with Crippen LogP contribution in [0.15, 0.2) is 46.3 Å². The van der Waals surface area contributed by atoms with Crippen LogP contribution in [0.3, 0.4) is 0 Å². The monoisotopic (exact) mass is 540 g/mol. The summed E-state index contributed by atoms with van der Waals surface area (Å²) in [5.41, 5.74) is 0.213. The molecule has 4 fully saturated rings. The van der Waals surface area contributed by atoms with Crippen molar-refractivity contribution in [2.75, 3.05) is 6.61 Å². The molecule has 8 atom stereocenters. The van der Waals surface area contributed by atoms with Gasteiger partial charge >= 0.3 is 23.9 Å². The molecule has 9 heteroatoms. The van der Waals surface area contributed by atoms with E-state index in [1.807, 2.05) is 6.92 Å². The minimum absolute atomic E-state index is 0.0488. The number of rotatable bonds is 5. The van der Waals surface area contributed by atoms with Crippen LogP contribution in [0.1, 0.15) is 72.0 Å². The van der Waals surface area contributed by atoms with Crippen LogP contribution in [0, 0.1) is 28.6 Å². The second-order valence-corrected chi connectivity index (χ2v) is 11.8. The van der Waals surface area contributed by atoms with Gasteiger partial charge in [-0.1, -0.05) is 18.6 Å². The van der Waals surface area contributed by atoms with Crippen LogP contribution in [0.25, 0.3) is 0 Å². The van der Waals surface area contributed by atoms with E-state index in [4.69, 9.17) is 23.4 Å². The molecular formula is C30H36O9. The second kappa shape index (κ2) is 9.99. The molecule has 2 saturated heterocycles. The Balaban J connectivity index is 1.59. The molecule has 0 bridgehead atoms. The van der Waals surface area contributed by atoms with E-state index in [1.54, 1.807) is 52.4 Å². The number of allylic oxidation sites excluding steroid dienone is 2. The first kappa shape index (κ1) is 27.2. The maximum absolute atomic E-state index is 13.9. The van der Waals surface area contributed by atoms with Gasteiger partial charge in [-0.3, -0.25) is 9.59 Å². The van der Waals surface area contributed by atoms with Crippen LogP contribution in [0.2, 0.25) is 0 Å². The first-order valence-corrected chi connectivity index (χ1v) is 13.6. The number of esters is 4. The van der Waals surface area contributed by atoms with Crippen LogP contribution in [-0.2, 0) is 38.1 Å². The molecule has 210 valence electrons. The Morgan fingerprint density at radius 1 is 1.15 bits per heavy atom. The van der Waals surface area contributed by atoms with Crippen molar-refractivity contribution in [1.29, 1.82) is 0 Å². The molecule has 1 aromatic rings. The zero-order chi connectivity index (χ0) is 28.1. The van der Waals surface area contributed by atoms with Gasteiger partial charge in [-0.15, -0.1) is 0 Å².